The third-order valence-electron chi connectivity index (χ3n) is 5.18. The Balaban J connectivity index is 1.33. The van der Waals surface area contributed by atoms with Gasteiger partial charge in [0.1, 0.15) is 0 Å². The van der Waals surface area contributed by atoms with Gasteiger partial charge >= 0.3 is 0 Å². The number of H-pyrrole nitrogens is 1. The van der Waals surface area contributed by atoms with E-state index in [1.807, 2.05) is 37.4 Å². The van der Waals surface area contributed by atoms with Crippen LogP contribution in [-0.2, 0) is 11.3 Å². The summed E-state index contributed by atoms with van der Waals surface area (Å²) in [6.45, 7) is 3.71. The topological polar surface area (TPSA) is 95.9 Å². The van der Waals surface area contributed by atoms with E-state index in [1.165, 1.54) is 6.07 Å². The number of aromatic nitrogens is 4. The van der Waals surface area contributed by atoms with Crippen molar-refractivity contribution in [2.45, 2.75) is 32.4 Å². The first-order valence-electron chi connectivity index (χ1n) is 9.78. The highest BCUT2D eigenvalue weighted by molar-refractivity contribution is 5.76. The average Bonchev–Trinajstić information content (AvgIpc) is 3.40. The lowest BCUT2D eigenvalue weighted by Gasteiger charge is -2.17. The van der Waals surface area contributed by atoms with Crippen LogP contribution < -0.4 is 15.8 Å². The number of amides is 1. The van der Waals surface area contributed by atoms with Gasteiger partial charge in [-0.25, -0.2) is 9.97 Å². The van der Waals surface area contributed by atoms with E-state index in [9.17, 15) is 9.59 Å². The number of pyridine rings is 1. The molecular formula is C21H24N6O2. The molecule has 4 rings (SSSR count). The predicted molar refractivity (Wildman–Crippen MR) is 111 cm³/mol. The van der Waals surface area contributed by atoms with Crippen molar-refractivity contribution in [3.63, 3.8) is 0 Å². The molecule has 1 amide bonds. The standard InChI is InChI=1S/C21H24N6O2/c1-15-4-2-6-20(29)27(15)13-9-19(28)24-16-8-12-26(14-16)21-23-11-7-18(25-21)17-5-3-10-22-17/h2-7,10-11,16,22H,8-9,12-14H2,1H3,(H,24,28). The molecule has 4 heterocycles. The highest BCUT2D eigenvalue weighted by Gasteiger charge is 2.25. The molecule has 0 radical (unpaired) electrons. The number of nitrogens with zero attached hydrogens (tertiary/aromatic N) is 4. The fraction of sp³-hybridized carbons (Fsp3) is 0.333. The fourth-order valence-corrected chi connectivity index (χ4v) is 3.62. The second-order valence-corrected chi connectivity index (χ2v) is 7.23. The second-order valence-electron chi connectivity index (χ2n) is 7.23. The zero-order chi connectivity index (χ0) is 20.2. The number of carbonyl (C=O) groups excluding carboxylic acids is 1. The van der Waals surface area contributed by atoms with E-state index in [0.29, 0.717) is 19.0 Å². The van der Waals surface area contributed by atoms with Gasteiger partial charge in [0.15, 0.2) is 0 Å². The predicted octanol–water partition coefficient (Wildman–Crippen LogP) is 1.73. The third kappa shape index (κ3) is 4.37. The monoisotopic (exact) mass is 392 g/mol. The van der Waals surface area contributed by atoms with Gasteiger partial charge in [0.05, 0.1) is 11.4 Å². The molecule has 3 aromatic rings. The van der Waals surface area contributed by atoms with Gasteiger partial charge in [0.25, 0.3) is 5.56 Å². The largest absolute Gasteiger partial charge is 0.360 e. The van der Waals surface area contributed by atoms with E-state index in [-0.39, 0.29) is 23.9 Å². The van der Waals surface area contributed by atoms with Crippen LogP contribution in [-0.4, -0.2) is 44.6 Å². The molecule has 1 fully saturated rings. The third-order valence-corrected chi connectivity index (χ3v) is 5.18. The molecule has 2 N–H and O–H groups in total. The van der Waals surface area contributed by atoms with E-state index in [4.69, 9.17) is 0 Å². The fourth-order valence-electron chi connectivity index (χ4n) is 3.62. The first-order valence-corrected chi connectivity index (χ1v) is 9.78. The van der Waals surface area contributed by atoms with E-state index >= 15 is 0 Å². The number of hydrogen-bond acceptors (Lipinski definition) is 5. The highest BCUT2D eigenvalue weighted by Crippen LogP contribution is 2.20. The summed E-state index contributed by atoms with van der Waals surface area (Å²) in [5.41, 5.74) is 2.57. The number of rotatable bonds is 6. The molecule has 0 aromatic carbocycles. The Labute approximate surface area is 168 Å². The SMILES string of the molecule is Cc1cccc(=O)n1CCC(=O)NC1CCN(c2nccc(-c3ccc[nH]3)n2)C1. The maximum atomic E-state index is 12.4. The normalized spacial score (nSPS) is 16.2. The van der Waals surface area contributed by atoms with Gasteiger partial charge in [-0.2, -0.15) is 0 Å². The molecule has 0 aliphatic carbocycles. The number of anilines is 1. The van der Waals surface area contributed by atoms with Crippen LogP contribution in [0.2, 0.25) is 0 Å². The molecule has 8 nitrogen and oxygen atoms in total. The molecule has 0 spiro atoms. The quantitative estimate of drug-likeness (QED) is 0.666. The van der Waals surface area contributed by atoms with Crippen LogP contribution in [0.1, 0.15) is 18.5 Å². The van der Waals surface area contributed by atoms with Gasteiger partial charge in [-0.1, -0.05) is 6.07 Å². The summed E-state index contributed by atoms with van der Waals surface area (Å²) in [6.07, 6.45) is 4.74. The summed E-state index contributed by atoms with van der Waals surface area (Å²) >= 11 is 0. The minimum absolute atomic E-state index is 0.0481. The molecule has 1 aliphatic rings. The Kier molecular flexibility index (Phi) is 5.41. The lowest BCUT2D eigenvalue weighted by molar-refractivity contribution is -0.121. The van der Waals surface area contributed by atoms with Crippen LogP contribution in [0.5, 0.6) is 0 Å². The second kappa shape index (κ2) is 8.30. The van der Waals surface area contributed by atoms with Crippen molar-refractivity contribution in [2.24, 2.45) is 0 Å². The summed E-state index contributed by atoms with van der Waals surface area (Å²) in [6, 6.07) is 10.9. The first kappa shape index (κ1) is 18.9. The molecular weight excluding hydrogens is 368 g/mol. The summed E-state index contributed by atoms with van der Waals surface area (Å²) in [5, 5.41) is 3.07. The maximum absolute atomic E-state index is 12.4. The summed E-state index contributed by atoms with van der Waals surface area (Å²) < 4.78 is 1.63. The molecule has 3 aromatic heterocycles. The number of aryl methyl sites for hydroxylation is 1. The summed E-state index contributed by atoms with van der Waals surface area (Å²) in [4.78, 5) is 38.6. The number of aromatic amines is 1. The number of hydrogen-bond donors (Lipinski definition) is 2. The molecule has 0 saturated carbocycles. The van der Waals surface area contributed by atoms with E-state index in [2.05, 4.69) is 25.2 Å². The van der Waals surface area contributed by atoms with Crippen LogP contribution in [0, 0.1) is 6.92 Å². The van der Waals surface area contributed by atoms with Crippen molar-refractivity contribution in [2.75, 3.05) is 18.0 Å². The van der Waals surface area contributed by atoms with Gasteiger partial charge in [-0.3, -0.25) is 9.59 Å². The zero-order valence-electron chi connectivity index (χ0n) is 16.3. The van der Waals surface area contributed by atoms with E-state index in [0.717, 1.165) is 30.0 Å². The minimum Gasteiger partial charge on any atom is -0.360 e. The van der Waals surface area contributed by atoms with Crippen LogP contribution in [0.15, 0.2) is 53.6 Å². The van der Waals surface area contributed by atoms with E-state index < -0.39 is 0 Å². The molecule has 150 valence electrons. The molecule has 1 aliphatic heterocycles. The van der Waals surface area contributed by atoms with Gasteiger partial charge in [-0.15, -0.1) is 0 Å². The Bertz CT molecular complexity index is 1040. The van der Waals surface area contributed by atoms with Crippen molar-refractivity contribution in [1.29, 1.82) is 0 Å². The average molecular weight is 392 g/mol. The van der Waals surface area contributed by atoms with Crippen LogP contribution in [0.25, 0.3) is 11.4 Å². The number of carbonyl (C=O) groups is 1. The Morgan fingerprint density at radius 2 is 2.17 bits per heavy atom. The van der Waals surface area contributed by atoms with Crippen molar-refractivity contribution < 1.29 is 4.79 Å². The van der Waals surface area contributed by atoms with Gasteiger partial charge in [0, 0.05) is 56.3 Å². The molecule has 1 saturated heterocycles. The lowest BCUT2D eigenvalue weighted by atomic mass is 10.2. The molecule has 1 unspecified atom stereocenters. The summed E-state index contributed by atoms with van der Waals surface area (Å²) in [7, 11) is 0. The molecule has 29 heavy (non-hydrogen) atoms. The maximum Gasteiger partial charge on any atom is 0.250 e. The van der Waals surface area contributed by atoms with Crippen LogP contribution >= 0.6 is 0 Å². The minimum atomic E-state index is -0.0797. The Hall–Kier alpha value is -3.42. The Morgan fingerprint density at radius 3 is 2.97 bits per heavy atom. The van der Waals surface area contributed by atoms with Gasteiger partial charge < -0.3 is 19.8 Å². The van der Waals surface area contributed by atoms with Crippen molar-refractivity contribution in [3.05, 3.63) is 64.8 Å². The number of nitrogens with one attached hydrogen (secondary N) is 2. The Morgan fingerprint density at radius 1 is 1.28 bits per heavy atom. The van der Waals surface area contributed by atoms with Crippen molar-refractivity contribution in [1.82, 2.24) is 24.8 Å². The van der Waals surface area contributed by atoms with Crippen LogP contribution in [0.3, 0.4) is 0 Å². The zero-order valence-corrected chi connectivity index (χ0v) is 16.3. The smallest absolute Gasteiger partial charge is 0.250 e. The molecule has 8 heteroatoms. The highest BCUT2D eigenvalue weighted by atomic mass is 16.2. The van der Waals surface area contributed by atoms with Gasteiger partial charge in [-0.05, 0) is 37.6 Å². The summed E-state index contributed by atoms with van der Waals surface area (Å²) in [5.74, 6) is 0.619. The van der Waals surface area contributed by atoms with Crippen molar-refractivity contribution in [3.8, 4) is 11.4 Å². The van der Waals surface area contributed by atoms with Crippen molar-refractivity contribution >= 4 is 11.9 Å². The molecule has 0 bridgehead atoms. The van der Waals surface area contributed by atoms with E-state index in [1.54, 1.807) is 16.8 Å². The lowest BCUT2D eigenvalue weighted by Crippen LogP contribution is -2.38. The molecule has 1 atom stereocenters. The van der Waals surface area contributed by atoms with Gasteiger partial charge in [0.2, 0.25) is 11.9 Å². The first-order chi connectivity index (χ1) is 14.1. The van der Waals surface area contributed by atoms with Crippen LogP contribution in [0.4, 0.5) is 5.95 Å².